The third-order valence-corrected chi connectivity index (χ3v) is 4.40. The summed E-state index contributed by atoms with van der Waals surface area (Å²) in [4.78, 5) is 0. The molecule has 3 atom stereocenters. The Morgan fingerprint density at radius 1 is 1.44 bits per heavy atom. The summed E-state index contributed by atoms with van der Waals surface area (Å²) >= 11 is 0. The van der Waals surface area contributed by atoms with E-state index in [0.717, 1.165) is 45.7 Å². The molecular weight excluding hydrogens is 230 g/mol. The van der Waals surface area contributed by atoms with Crippen LogP contribution in [0, 0.1) is 5.92 Å². The molecule has 3 unspecified atom stereocenters. The molecule has 0 amide bonds. The van der Waals surface area contributed by atoms with Crippen LogP contribution in [0.3, 0.4) is 0 Å². The molecule has 1 N–H and O–H groups in total. The molecule has 2 saturated heterocycles. The van der Waals surface area contributed by atoms with Gasteiger partial charge in [-0.05, 0) is 38.6 Å². The van der Waals surface area contributed by atoms with E-state index in [0.29, 0.717) is 12.0 Å². The molecule has 2 aliphatic rings. The van der Waals surface area contributed by atoms with E-state index in [1.165, 1.54) is 12.8 Å². The Morgan fingerprint density at radius 2 is 2.33 bits per heavy atom. The first-order valence-corrected chi connectivity index (χ1v) is 7.17. The van der Waals surface area contributed by atoms with E-state index in [9.17, 15) is 0 Å². The topological polar surface area (TPSA) is 39.7 Å². The first-order valence-electron chi connectivity index (χ1n) is 7.17. The van der Waals surface area contributed by atoms with E-state index >= 15 is 0 Å². The lowest BCUT2D eigenvalue weighted by Crippen LogP contribution is -2.46. The van der Waals surface area contributed by atoms with E-state index in [2.05, 4.69) is 12.4 Å². The zero-order chi connectivity index (χ0) is 12.8. The molecule has 0 aromatic heterocycles. The fourth-order valence-corrected chi connectivity index (χ4v) is 3.34. The standard InChI is InChI=1S/C14H27NO3/c1-15-13(4-3-7-16-2)12-5-8-18-14(10-12)6-9-17-11-14/h12-13,15H,3-11H2,1-2H3. The monoisotopic (exact) mass is 257 g/mol. The van der Waals surface area contributed by atoms with Crippen LogP contribution < -0.4 is 5.32 Å². The van der Waals surface area contributed by atoms with Crippen molar-refractivity contribution in [2.75, 3.05) is 40.6 Å². The predicted octanol–water partition coefficient (Wildman–Crippen LogP) is 1.59. The van der Waals surface area contributed by atoms with Crippen molar-refractivity contribution in [2.45, 2.75) is 43.7 Å². The van der Waals surface area contributed by atoms with Crippen LogP contribution in [0.5, 0.6) is 0 Å². The molecule has 0 aromatic carbocycles. The molecule has 2 rings (SSSR count). The van der Waals surface area contributed by atoms with Crippen molar-refractivity contribution in [3.05, 3.63) is 0 Å². The smallest absolute Gasteiger partial charge is 0.0939 e. The number of hydrogen-bond acceptors (Lipinski definition) is 4. The lowest BCUT2D eigenvalue weighted by molar-refractivity contribution is -0.103. The molecule has 106 valence electrons. The second-order valence-corrected chi connectivity index (χ2v) is 5.62. The minimum absolute atomic E-state index is 0.0271. The second kappa shape index (κ2) is 6.85. The number of methoxy groups -OCH3 is 1. The average Bonchev–Trinajstić information content (AvgIpc) is 2.83. The van der Waals surface area contributed by atoms with E-state index in [1.54, 1.807) is 7.11 Å². The highest BCUT2D eigenvalue weighted by atomic mass is 16.6. The molecular formula is C14H27NO3. The lowest BCUT2D eigenvalue weighted by atomic mass is 9.80. The van der Waals surface area contributed by atoms with Gasteiger partial charge >= 0.3 is 0 Å². The Morgan fingerprint density at radius 3 is 3.00 bits per heavy atom. The molecule has 18 heavy (non-hydrogen) atoms. The molecule has 0 aliphatic carbocycles. The Kier molecular flexibility index (Phi) is 5.42. The summed E-state index contributed by atoms with van der Waals surface area (Å²) in [6.07, 6.45) is 5.69. The summed E-state index contributed by atoms with van der Waals surface area (Å²) in [6.45, 7) is 3.39. The lowest BCUT2D eigenvalue weighted by Gasteiger charge is -2.40. The number of ether oxygens (including phenoxy) is 3. The first kappa shape index (κ1) is 14.3. The van der Waals surface area contributed by atoms with Gasteiger partial charge in [0.25, 0.3) is 0 Å². The van der Waals surface area contributed by atoms with Gasteiger partial charge in [0.15, 0.2) is 0 Å². The minimum Gasteiger partial charge on any atom is -0.385 e. The highest BCUT2D eigenvalue weighted by Gasteiger charge is 2.42. The maximum Gasteiger partial charge on any atom is 0.0939 e. The summed E-state index contributed by atoms with van der Waals surface area (Å²) < 4.78 is 16.7. The Balaban J connectivity index is 1.85. The Hall–Kier alpha value is -0.160. The maximum absolute atomic E-state index is 6.00. The molecule has 2 fully saturated rings. The van der Waals surface area contributed by atoms with E-state index in [1.807, 2.05) is 0 Å². The van der Waals surface area contributed by atoms with Gasteiger partial charge in [-0.2, -0.15) is 0 Å². The Bertz CT molecular complexity index is 241. The van der Waals surface area contributed by atoms with Crippen molar-refractivity contribution < 1.29 is 14.2 Å². The van der Waals surface area contributed by atoms with Crippen molar-refractivity contribution in [1.29, 1.82) is 0 Å². The number of nitrogens with one attached hydrogen (secondary N) is 1. The van der Waals surface area contributed by atoms with Crippen LogP contribution in [0.25, 0.3) is 0 Å². The highest BCUT2D eigenvalue weighted by Crippen LogP contribution is 2.37. The van der Waals surface area contributed by atoms with Gasteiger partial charge in [0.2, 0.25) is 0 Å². The van der Waals surface area contributed by atoms with E-state index in [-0.39, 0.29) is 5.60 Å². The third kappa shape index (κ3) is 3.44. The average molecular weight is 257 g/mol. The van der Waals surface area contributed by atoms with Gasteiger partial charge in [-0.25, -0.2) is 0 Å². The van der Waals surface area contributed by atoms with Gasteiger partial charge in [-0.3, -0.25) is 0 Å². The van der Waals surface area contributed by atoms with Crippen molar-refractivity contribution >= 4 is 0 Å². The minimum atomic E-state index is 0.0271. The van der Waals surface area contributed by atoms with Gasteiger partial charge in [0.1, 0.15) is 0 Å². The van der Waals surface area contributed by atoms with Crippen LogP contribution in [-0.2, 0) is 14.2 Å². The zero-order valence-corrected chi connectivity index (χ0v) is 11.7. The second-order valence-electron chi connectivity index (χ2n) is 5.62. The largest absolute Gasteiger partial charge is 0.385 e. The van der Waals surface area contributed by atoms with Gasteiger partial charge in [0.05, 0.1) is 12.2 Å². The quantitative estimate of drug-likeness (QED) is 0.734. The van der Waals surface area contributed by atoms with Crippen LogP contribution in [0.1, 0.15) is 32.1 Å². The molecule has 0 bridgehead atoms. The highest BCUT2D eigenvalue weighted by molar-refractivity contribution is 4.93. The van der Waals surface area contributed by atoms with Crippen LogP contribution in [0.15, 0.2) is 0 Å². The van der Waals surface area contributed by atoms with Gasteiger partial charge in [-0.15, -0.1) is 0 Å². The Labute approximate surface area is 110 Å². The summed E-state index contributed by atoms with van der Waals surface area (Å²) in [5, 5.41) is 3.49. The SMILES string of the molecule is CNC(CCCOC)C1CCOC2(CCOC2)C1. The van der Waals surface area contributed by atoms with E-state index in [4.69, 9.17) is 14.2 Å². The summed E-state index contributed by atoms with van der Waals surface area (Å²) in [6, 6.07) is 0.585. The van der Waals surface area contributed by atoms with Crippen LogP contribution in [-0.4, -0.2) is 52.2 Å². The van der Waals surface area contributed by atoms with Crippen LogP contribution in [0.4, 0.5) is 0 Å². The molecule has 2 heterocycles. The maximum atomic E-state index is 6.00. The van der Waals surface area contributed by atoms with Crippen molar-refractivity contribution in [1.82, 2.24) is 5.32 Å². The molecule has 0 saturated carbocycles. The summed E-state index contributed by atoms with van der Waals surface area (Å²) in [5.74, 6) is 0.710. The normalized spacial score (nSPS) is 34.0. The molecule has 0 aromatic rings. The first-order chi connectivity index (χ1) is 8.79. The summed E-state index contributed by atoms with van der Waals surface area (Å²) in [7, 11) is 3.85. The van der Waals surface area contributed by atoms with Crippen molar-refractivity contribution in [2.24, 2.45) is 5.92 Å². The number of rotatable bonds is 6. The van der Waals surface area contributed by atoms with Gasteiger partial charge < -0.3 is 19.5 Å². The van der Waals surface area contributed by atoms with Crippen molar-refractivity contribution in [3.8, 4) is 0 Å². The molecule has 1 spiro atoms. The zero-order valence-electron chi connectivity index (χ0n) is 11.7. The third-order valence-electron chi connectivity index (χ3n) is 4.40. The number of hydrogen-bond donors (Lipinski definition) is 1. The molecule has 4 heteroatoms. The van der Waals surface area contributed by atoms with Crippen molar-refractivity contribution in [3.63, 3.8) is 0 Å². The van der Waals surface area contributed by atoms with Crippen LogP contribution >= 0.6 is 0 Å². The summed E-state index contributed by atoms with van der Waals surface area (Å²) in [5.41, 5.74) is 0.0271. The fourth-order valence-electron chi connectivity index (χ4n) is 3.34. The van der Waals surface area contributed by atoms with Gasteiger partial charge in [-0.1, -0.05) is 0 Å². The van der Waals surface area contributed by atoms with Gasteiger partial charge in [0, 0.05) is 39.4 Å². The van der Waals surface area contributed by atoms with Crippen LogP contribution in [0.2, 0.25) is 0 Å². The fraction of sp³-hybridized carbons (Fsp3) is 1.00. The molecule has 0 radical (unpaired) electrons. The molecule has 2 aliphatic heterocycles. The predicted molar refractivity (Wildman–Crippen MR) is 70.8 cm³/mol. The molecule has 4 nitrogen and oxygen atoms in total. The van der Waals surface area contributed by atoms with E-state index < -0.39 is 0 Å².